The minimum absolute atomic E-state index is 0.0306. The summed E-state index contributed by atoms with van der Waals surface area (Å²) in [5, 5.41) is 0. The Morgan fingerprint density at radius 1 is 0.800 bits per heavy atom. The summed E-state index contributed by atoms with van der Waals surface area (Å²) in [6.45, 7) is 4.49. The summed E-state index contributed by atoms with van der Waals surface area (Å²) in [4.78, 5) is 0. The fourth-order valence-corrected chi connectivity index (χ4v) is 6.92. The SMILES string of the molecule is Cc1ccc2c(c1)C1c3c-2ccc(C)c3C=CC12c1ccccc1C1C=CC=CC12. The molecule has 0 fully saturated rings. The van der Waals surface area contributed by atoms with Crippen molar-refractivity contribution in [2.45, 2.75) is 31.1 Å². The monoisotopic (exact) mass is 384 g/mol. The van der Waals surface area contributed by atoms with E-state index in [0.29, 0.717) is 17.8 Å². The van der Waals surface area contributed by atoms with E-state index >= 15 is 0 Å². The van der Waals surface area contributed by atoms with Gasteiger partial charge < -0.3 is 0 Å². The number of hydrogen-bond donors (Lipinski definition) is 0. The second kappa shape index (κ2) is 5.52. The molecule has 4 aliphatic rings. The Morgan fingerprint density at radius 3 is 2.57 bits per heavy atom. The van der Waals surface area contributed by atoms with Gasteiger partial charge in [-0.25, -0.2) is 0 Å². The van der Waals surface area contributed by atoms with Crippen LogP contribution in [0.2, 0.25) is 0 Å². The third-order valence-corrected chi connectivity index (χ3v) is 8.08. The molecule has 0 aliphatic heterocycles. The van der Waals surface area contributed by atoms with E-state index in [9.17, 15) is 0 Å². The van der Waals surface area contributed by atoms with E-state index in [0.717, 1.165) is 0 Å². The first-order valence-electron chi connectivity index (χ1n) is 11.1. The van der Waals surface area contributed by atoms with Crippen molar-refractivity contribution in [3.63, 3.8) is 0 Å². The molecule has 4 atom stereocenters. The van der Waals surface area contributed by atoms with Crippen molar-refractivity contribution >= 4 is 6.08 Å². The smallest absolute Gasteiger partial charge is 0.0320 e. The van der Waals surface area contributed by atoms with Crippen LogP contribution in [0, 0.1) is 19.8 Å². The Bertz CT molecular complexity index is 1330. The van der Waals surface area contributed by atoms with Gasteiger partial charge in [-0.05, 0) is 58.4 Å². The third-order valence-electron chi connectivity index (χ3n) is 8.08. The van der Waals surface area contributed by atoms with E-state index in [-0.39, 0.29) is 5.41 Å². The Balaban J connectivity index is 1.62. The van der Waals surface area contributed by atoms with Crippen LogP contribution >= 0.6 is 0 Å². The molecule has 3 aromatic rings. The molecule has 0 bridgehead atoms. The maximum Gasteiger partial charge on any atom is 0.0320 e. The zero-order valence-electron chi connectivity index (χ0n) is 17.4. The molecule has 0 N–H and O–H groups in total. The molecule has 0 heteroatoms. The Morgan fingerprint density at radius 2 is 1.63 bits per heavy atom. The lowest BCUT2D eigenvalue weighted by molar-refractivity contribution is 0.366. The third kappa shape index (κ3) is 1.80. The average molecular weight is 385 g/mol. The molecular weight excluding hydrogens is 360 g/mol. The molecule has 0 saturated carbocycles. The van der Waals surface area contributed by atoms with Crippen LogP contribution in [0.4, 0.5) is 0 Å². The molecule has 0 aromatic heterocycles. The van der Waals surface area contributed by atoms with Crippen LogP contribution in [0.15, 0.2) is 85.0 Å². The summed E-state index contributed by atoms with van der Waals surface area (Å²) in [6.07, 6.45) is 14.4. The van der Waals surface area contributed by atoms with E-state index in [4.69, 9.17) is 0 Å². The summed E-state index contributed by atoms with van der Waals surface area (Å²) >= 11 is 0. The van der Waals surface area contributed by atoms with Gasteiger partial charge in [0.05, 0.1) is 0 Å². The van der Waals surface area contributed by atoms with Crippen LogP contribution in [-0.2, 0) is 5.41 Å². The fraction of sp³-hybridized carbons (Fsp3) is 0.200. The summed E-state index contributed by atoms with van der Waals surface area (Å²) in [5.41, 5.74) is 13.1. The molecule has 144 valence electrons. The molecule has 1 spiro atoms. The number of allylic oxidation sites excluding steroid dienone is 5. The first-order chi connectivity index (χ1) is 14.7. The van der Waals surface area contributed by atoms with Gasteiger partial charge in [0.25, 0.3) is 0 Å². The maximum atomic E-state index is 2.57. The predicted octanol–water partition coefficient (Wildman–Crippen LogP) is 7.22. The van der Waals surface area contributed by atoms with Crippen molar-refractivity contribution in [3.8, 4) is 11.1 Å². The van der Waals surface area contributed by atoms with Gasteiger partial charge in [0.1, 0.15) is 0 Å². The van der Waals surface area contributed by atoms with Crippen molar-refractivity contribution in [3.05, 3.63) is 124 Å². The van der Waals surface area contributed by atoms with E-state index in [1.807, 2.05) is 0 Å². The van der Waals surface area contributed by atoms with Crippen LogP contribution in [0.25, 0.3) is 17.2 Å². The first-order valence-corrected chi connectivity index (χ1v) is 11.1. The molecule has 0 nitrogen and oxygen atoms in total. The summed E-state index contributed by atoms with van der Waals surface area (Å²) in [6, 6.07) is 21.0. The average Bonchev–Trinajstić information content (AvgIpc) is 3.25. The van der Waals surface area contributed by atoms with Gasteiger partial charge in [-0.15, -0.1) is 0 Å². The minimum Gasteiger partial charge on any atom is -0.0793 e. The van der Waals surface area contributed by atoms with Crippen molar-refractivity contribution in [2.24, 2.45) is 5.92 Å². The molecule has 0 amide bonds. The van der Waals surface area contributed by atoms with Crippen LogP contribution < -0.4 is 0 Å². The number of fused-ring (bicyclic) bond motifs is 9. The quantitative estimate of drug-likeness (QED) is 0.384. The van der Waals surface area contributed by atoms with Gasteiger partial charge in [-0.1, -0.05) is 96.6 Å². The number of rotatable bonds is 0. The second-order valence-electron chi connectivity index (χ2n) is 9.46. The number of aryl methyl sites for hydroxylation is 2. The highest BCUT2D eigenvalue weighted by atomic mass is 14.6. The van der Waals surface area contributed by atoms with Gasteiger partial charge in [0, 0.05) is 23.2 Å². The maximum absolute atomic E-state index is 2.57. The Hall–Kier alpha value is -3.12. The van der Waals surface area contributed by atoms with Gasteiger partial charge in [-0.2, -0.15) is 0 Å². The lowest BCUT2D eigenvalue weighted by Gasteiger charge is -2.44. The summed E-state index contributed by atoms with van der Waals surface area (Å²) < 4.78 is 0. The van der Waals surface area contributed by atoms with Gasteiger partial charge in [0.15, 0.2) is 0 Å². The zero-order valence-corrected chi connectivity index (χ0v) is 17.4. The molecule has 30 heavy (non-hydrogen) atoms. The van der Waals surface area contributed by atoms with Crippen LogP contribution in [0.3, 0.4) is 0 Å². The molecule has 4 aliphatic carbocycles. The van der Waals surface area contributed by atoms with E-state index in [1.165, 1.54) is 44.5 Å². The highest BCUT2D eigenvalue weighted by Crippen LogP contribution is 2.66. The molecule has 3 aromatic carbocycles. The number of benzene rings is 3. The van der Waals surface area contributed by atoms with Crippen LogP contribution in [0.1, 0.15) is 50.8 Å². The lowest BCUT2D eigenvalue weighted by Crippen LogP contribution is -2.38. The van der Waals surface area contributed by atoms with Crippen molar-refractivity contribution in [2.75, 3.05) is 0 Å². The molecule has 0 heterocycles. The van der Waals surface area contributed by atoms with Crippen LogP contribution in [-0.4, -0.2) is 0 Å². The highest BCUT2D eigenvalue weighted by molar-refractivity contribution is 5.88. The first kappa shape index (κ1) is 16.7. The second-order valence-corrected chi connectivity index (χ2v) is 9.46. The zero-order chi connectivity index (χ0) is 20.0. The summed E-state index contributed by atoms with van der Waals surface area (Å²) in [5.74, 6) is 1.28. The number of hydrogen-bond acceptors (Lipinski definition) is 0. The molecule has 4 unspecified atom stereocenters. The van der Waals surface area contributed by atoms with Crippen molar-refractivity contribution in [1.29, 1.82) is 0 Å². The Kier molecular flexibility index (Phi) is 3.06. The molecule has 7 rings (SSSR count). The van der Waals surface area contributed by atoms with Crippen molar-refractivity contribution in [1.82, 2.24) is 0 Å². The van der Waals surface area contributed by atoms with Gasteiger partial charge in [0.2, 0.25) is 0 Å². The minimum atomic E-state index is -0.0306. The van der Waals surface area contributed by atoms with Gasteiger partial charge in [-0.3, -0.25) is 0 Å². The van der Waals surface area contributed by atoms with E-state index < -0.39 is 0 Å². The largest absolute Gasteiger partial charge is 0.0793 e. The predicted molar refractivity (Wildman–Crippen MR) is 125 cm³/mol. The fourth-order valence-electron chi connectivity index (χ4n) is 6.92. The lowest BCUT2D eigenvalue weighted by atomic mass is 9.58. The Labute approximate surface area is 178 Å². The molecular formula is C30H24. The molecule has 0 saturated heterocycles. The van der Waals surface area contributed by atoms with Crippen molar-refractivity contribution < 1.29 is 0 Å². The van der Waals surface area contributed by atoms with E-state index in [2.05, 4.69) is 105 Å². The summed E-state index contributed by atoms with van der Waals surface area (Å²) in [7, 11) is 0. The molecule has 0 radical (unpaired) electrons. The van der Waals surface area contributed by atoms with Gasteiger partial charge >= 0.3 is 0 Å². The standard InChI is InChI=1S/C30H24/c1-18-11-13-21-24-14-12-19(2)20-15-16-30(29(28(20)24)25(21)17-18)26-9-5-3-7-22(26)23-8-4-6-10-27(23)30/h3-17,22,26,29H,1-2H3. The topological polar surface area (TPSA) is 0 Å². The van der Waals surface area contributed by atoms with E-state index in [1.54, 1.807) is 5.56 Å². The van der Waals surface area contributed by atoms with Crippen LogP contribution in [0.5, 0.6) is 0 Å². The normalized spacial score (nSPS) is 28.4. The highest BCUT2D eigenvalue weighted by Gasteiger charge is 2.57.